The molecule has 1 aliphatic heterocycles. The third kappa shape index (κ3) is 2.32. The lowest BCUT2D eigenvalue weighted by molar-refractivity contribution is -0.135. The summed E-state index contributed by atoms with van der Waals surface area (Å²) in [6, 6.07) is 4.80. The molecule has 0 unspecified atom stereocenters. The Balaban J connectivity index is 2.40. The summed E-state index contributed by atoms with van der Waals surface area (Å²) in [6.07, 6.45) is 0.739. The first kappa shape index (κ1) is 12.8. The normalized spacial score (nSPS) is 14.6. The van der Waals surface area contributed by atoms with Crippen molar-refractivity contribution in [2.45, 2.75) is 11.3 Å². The van der Waals surface area contributed by atoms with E-state index in [1.54, 1.807) is 11.0 Å². The number of fused-ring (bicyclic) bond motifs is 1. The number of benzene rings is 1. The molecule has 0 bridgehead atoms. The Labute approximate surface area is 105 Å². The van der Waals surface area contributed by atoms with Crippen LogP contribution in [0.15, 0.2) is 23.1 Å². The Bertz CT molecular complexity index is 583. The van der Waals surface area contributed by atoms with Crippen LogP contribution in [0, 0.1) is 0 Å². The number of carboxylic acids is 1. The number of nitrogens with one attached hydrogen (secondary N) is 1. The number of hydrogen-bond acceptors (Lipinski definition) is 4. The van der Waals surface area contributed by atoms with Crippen molar-refractivity contribution in [3.8, 4) is 0 Å². The van der Waals surface area contributed by atoms with Crippen LogP contribution in [0.3, 0.4) is 0 Å². The molecule has 6 nitrogen and oxygen atoms in total. The van der Waals surface area contributed by atoms with Crippen molar-refractivity contribution in [1.82, 2.24) is 4.72 Å². The van der Waals surface area contributed by atoms with Gasteiger partial charge in [-0.3, -0.25) is 4.79 Å². The summed E-state index contributed by atoms with van der Waals surface area (Å²) in [5.74, 6) is -0.926. The van der Waals surface area contributed by atoms with Crippen LogP contribution in [0.1, 0.15) is 5.56 Å². The molecule has 0 amide bonds. The monoisotopic (exact) mass is 270 g/mol. The number of anilines is 1. The predicted molar refractivity (Wildman–Crippen MR) is 66.2 cm³/mol. The fourth-order valence-electron chi connectivity index (χ4n) is 2.04. The zero-order valence-corrected chi connectivity index (χ0v) is 10.7. The maximum absolute atomic E-state index is 11.7. The molecule has 1 aromatic rings. The van der Waals surface area contributed by atoms with Crippen molar-refractivity contribution in [2.24, 2.45) is 0 Å². The molecular formula is C11H14N2O4S. The second-order valence-electron chi connectivity index (χ2n) is 4.06. The minimum Gasteiger partial charge on any atom is -0.480 e. The smallest absolute Gasteiger partial charge is 0.323 e. The standard InChI is InChI=1S/C11H14N2O4S/c1-12-18(16,17)9-3-2-8-4-5-13(7-11(14)15)10(8)6-9/h2-3,6,12H,4-5,7H2,1H3,(H,14,15). The van der Waals surface area contributed by atoms with Gasteiger partial charge in [-0.15, -0.1) is 0 Å². The molecule has 1 aliphatic rings. The molecule has 7 heteroatoms. The number of aliphatic carboxylic acids is 1. The SMILES string of the molecule is CNS(=O)(=O)c1ccc2c(c1)N(CC(=O)O)CC2. The molecule has 0 atom stereocenters. The van der Waals surface area contributed by atoms with Crippen molar-refractivity contribution in [1.29, 1.82) is 0 Å². The van der Waals surface area contributed by atoms with E-state index in [4.69, 9.17) is 5.11 Å². The van der Waals surface area contributed by atoms with E-state index >= 15 is 0 Å². The van der Waals surface area contributed by atoms with E-state index in [-0.39, 0.29) is 11.4 Å². The van der Waals surface area contributed by atoms with Gasteiger partial charge in [-0.25, -0.2) is 13.1 Å². The number of sulfonamides is 1. The first-order valence-electron chi connectivity index (χ1n) is 5.47. The fourth-order valence-corrected chi connectivity index (χ4v) is 2.79. The van der Waals surface area contributed by atoms with Crippen molar-refractivity contribution >= 4 is 21.7 Å². The Hall–Kier alpha value is -1.60. The Morgan fingerprint density at radius 2 is 2.22 bits per heavy atom. The molecule has 0 aromatic heterocycles. The van der Waals surface area contributed by atoms with Gasteiger partial charge < -0.3 is 10.0 Å². The van der Waals surface area contributed by atoms with Gasteiger partial charge in [-0.05, 0) is 31.2 Å². The van der Waals surface area contributed by atoms with Gasteiger partial charge in [0.1, 0.15) is 6.54 Å². The van der Waals surface area contributed by atoms with Gasteiger partial charge in [0.25, 0.3) is 0 Å². The Morgan fingerprint density at radius 1 is 1.50 bits per heavy atom. The summed E-state index contributed by atoms with van der Waals surface area (Å²) in [6.45, 7) is 0.487. The third-order valence-corrected chi connectivity index (χ3v) is 4.37. The molecule has 2 N–H and O–H groups in total. The van der Waals surface area contributed by atoms with Crippen molar-refractivity contribution in [2.75, 3.05) is 25.0 Å². The van der Waals surface area contributed by atoms with Crippen LogP contribution in [0.5, 0.6) is 0 Å². The van der Waals surface area contributed by atoms with E-state index in [1.807, 2.05) is 0 Å². The Kier molecular flexibility index (Phi) is 3.27. The van der Waals surface area contributed by atoms with Gasteiger partial charge in [0.2, 0.25) is 10.0 Å². The van der Waals surface area contributed by atoms with E-state index < -0.39 is 16.0 Å². The number of carbonyl (C=O) groups is 1. The first-order valence-corrected chi connectivity index (χ1v) is 6.95. The van der Waals surface area contributed by atoms with Gasteiger partial charge >= 0.3 is 5.97 Å². The first-order chi connectivity index (χ1) is 8.44. The number of nitrogens with zero attached hydrogens (tertiary/aromatic N) is 1. The molecule has 2 rings (SSSR count). The molecule has 1 heterocycles. The zero-order valence-electron chi connectivity index (χ0n) is 9.88. The number of rotatable bonds is 4. The van der Waals surface area contributed by atoms with E-state index in [9.17, 15) is 13.2 Å². The van der Waals surface area contributed by atoms with Crippen LogP contribution in [-0.2, 0) is 21.2 Å². The average molecular weight is 270 g/mol. The summed E-state index contributed by atoms with van der Waals surface area (Å²) < 4.78 is 25.6. The molecule has 0 saturated carbocycles. The lowest BCUT2D eigenvalue weighted by Gasteiger charge is -2.17. The highest BCUT2D eigenvalue weighted by Crippen LogP contribution is 2.30. The van der Waals surface area contributed by atoms with Crippen molar-refractivity contribution < 1.29 is 18.3 Å². The predicted octanol–water partition coefficient (Wildman–Crippen LogP) is 0.0418. The van der Waals surface area contributed by atoms with E-state index in [0.717, 1.165) is 12.0 Å². The quantitative estimate of drug-likeness (QED) is 0.807. The van der Waals surface area contributed by atoms with E-state index in [1.165, 1.54) is 19.2 Å². The lowest BCUT2D eigenvalue weighted by atomic mass is 10.2. The minimum atomic E-state index is -3.50. The van der Waals surface area contributed by atoms with Gasteiger partial charge in [0.05, 0.1) is 4.90 Å². The van der Waals surface area contributed by atoms with Crippen molar-refractivity contribution in [3.63, 3.8) is 0 Å². The van der Waals surface area contributed by atoms with Gasteiger partial charge in [-0.1, -0.05) is 6.07 Å². The lowest BCUT2D eigenvalue weighted by Crippen LogP contribution is -2.27. The highest BCUT2D eigenvalue weighted by molar-refractivity contribution is 7.89. The van der Waals surface area contributed by atoms with Crippen LogP contribution in [-0.4, -0.2) is 39.6 Å². The average Bonchev–Trinajstić information content (AvgIpc) is 2.71. The molecular weight excluding hydrogens is 256 g/mol. The summed E-state index contributed by atoms with van der Waals surface area (Å²) >= 11 is 0. The molecule has 0 aliphatic carbocycles. The highest BCUT2D eigenvalue weighted by Gasteiger charge is 2.23. The molecule has 0 radical (unpaired) electrons. The summed E-state index contributed by atoms with van der Waals surface area (Å²) in [5, 5.41) is 8.80. The maximum atomic E-state index is 11.7. The molecule has 18 heavy (non-hydrogen) atoms. The number of carboxylic acid groups (broad SMARTS) is 1. The zero-order chi connectivity index (χ0) is 13.3. The van der Waals surface area contributed by atoms with Crippen LogP contribution in [0.4, 0.5) is 5.69 Å². The van der Waals surface area contributed by atoms with Crippen LogP contribution >= 0.6 is 0 Å². The topological polar surface area (TPSA) is 86.7 Å². The highest BCUT2D eigenvalue weighted by atomic mass is 32.2. The maximum Gasteiger partial charge on any atom is 0.323 e. The molecule has 0 saturated heterocycles. The summed E-state index contributed by atoms with van der Waals surface area (Å²) in [5.41, 5.74) is 1.67. The molecule has 98 valence electrons. The van der Waals surface area contributed by atoms with E-state index in [2.05, 4.69) is 4.72 Å². The largest absolute Gasteiger partial charge is 0.480 e. The van der Waals surface area contributed by atoms with Gasteiger partial charge in [0.15, 0.2) is 0 Å². The van der Waals surface area contributed by atoms with Gasteiger partial charge in [0, 0.05) is 12.2 Å². The molecule has 1 aromatic carbocycles. The molecule has 0 fully saturated rings. The fraction of sp³-hybridized carbons (Fsp3) is 0.364. The van der Waals surface area contributed by atoms with Crippen LogP contribution in [0.25, 0.3) is 0 Å². The minimum absolute atomic E-state index is 0.115. The van der Waals surface area contributed by atoms with Crippen molar-refractivity contribution in [3.05, 3.63) is 23.8 Å². The third-order valence-electron chi connectivity index (χ3n) is 2.95. The Morgan fingerprint density at radius 3 is 2.83 bits per heavy atom. The van der Waals surface area contributed by atoms with Gasteiger partial charge in [-0.2, -0.15) is 0 Å². The summed E-state index contributed by atoms with van der Waals surface area (Å²) in [7, 11) is -2.15. The summed E-state index contributed by atoms with van der Waals surface area (Å²) in [4.78, 5) is 12.6. The number of hydrogen-bond donors (Lipinski definition) is 2. The van der Waals surface area contributed by atoms with Crippen LogP contribution in [0.2, 0.25) is 0 Å². The van der Waals surface area contributed by atoms with Crippen LogP contribution < -0.4 is 9.62 Å². The second kappa shape index (κ2) is 4.58. The van der Waals surface area contributed by atoms with E-state index in [0.29, 0.717) is 12.2 Å². The second-order valence-corrected chi connectivity index (χ2v) is 5.95. The molecule has 0 spiro atoms.